The second-order valence-electron chi connectivity index (χ2n) is 7.45. The number of amides is 2. The lowest BCUT2D eigenvalue weighted by Crippen LogP contribution is -2.50. The quantitative estimate of drug-likeness (QED) is 0.733. The van der Waals surface area contributed by atoms with Gasteiger partial charge in [-0.05, 0) is 56.5 Å². The van der Waals surface area contributed by atoms with E-state index in [4.69, 9.17) is 5.14 Å². The molecule has 2 heterocycles. The molecule has 1 aromatic carbocycles. The van der Waals surface area contributed by atoms with Crippen LogP contribution in [0.15, 0.2) is 29.2 Å². The molecule has 9 heteroatoms. The van der Waals surface area contributed by atoms with Gasteiger partial charge < -0.3 is 10.2 Å². The number of rotatable bonds is 6. The van der Waals surface area contributed by atoms with E-state index < -0.39 is 10.0 Å². The molecule has 3 rings (SSSR count). The Bertz CT molecular complexity index is 804. The average molecular weight is 409 g/mol. The molecule has 0 bridgehead atoms. The molecule has 154 valence electrons. The third-order valence-electron chi connectivity index (χ3n) is 5.41. The van der Waals surface area contributed by atoms with Crippen LogP contribution in [0.1, 0.15) is 38.5 Å². The van der Waals surface area contributed by atoms with Gasteiger partial charge in [0.05, 0.1) is 10.9 Å². The molecule has 0 spiro atoms. The second-order valence-corrected chi connectivity index (χ2v) is 9.01. The maximum atomic E-state index is 12.8. The first-order chi connectivity index (χ1) is 13.3. The van der Waals surface area contributed by atoms with Crippen LogP contribution >= 0.6 is 0 Å². The Hall–Kier alpha value is -1.97. The standard InChI is InChI=1S/C19H28N4O4S/c20-28(26,27)16-8-6-15(7-9-16)21-18(24)10-14-22-11-2-1-5-17(22)19(25)23-12-3-4-13-23/h6-9,17H,1-5,10-14H2,(H,21,24)(H2,20,26,27). The molecule has 0 aromatic heterocycles. The summed E-state index contributed by atoms with van der Waals surface area (Å²) in [5.41, 5.74) is 0.515. The smallest absolute Gasteiger partial charge is 0.239 e. The molecule has 2 saturated heterocycles. The maximum absolute atomic E-state index is 12.8. The highest BCUT2D eigenvalue weighted by Crippen LogP contribution is 2.21. The largest absolute Gasteiger partial charge is 0.341 e. The number of primary sulfonamides is 1. The van der Waals surface area contributed by atoms with E-state index in [0.717, 1.165) is 51.7 Å². The summed E-state index contributed by atoms with van der Waals surface area (Å²) in [5, 5.41) is 7.83. The lowest BCUT2D eigenvalue weighted by atomic mass is 10.0. The summed E-state index contributed by atoms with van der Waals surface area (Å²) in [6.45, 7) is 3.06. The highest BCUT2D eigenvalue weighted by Gasteiger charge is 2.32. The van der Waals surface area contributed by atoms with Gasteiger partial charge in [-0.3, -0.25) is 14.5 Å². The van der Waals surface area contributed by atoms with E-state index >= 15 is 0 Å². The SMILES string of the molecule is NS(=O)(=O)c1ccc(NC(=O)CCN2CCCCC2C(=O)N2CCCC2)cc1. The monoisotopic (exact) mass is 408 g/mol. The lowest BCUT2D eigenvalue weighted by Gasteiger charge is -2.36. The van der Waals surface area contributed by atoms with Crippen molar-refractivity contribution in [2.75, 3.05) is 31.5 Å². The highest BCUT2D eigenvalue weighted by molar-refractivity contribution is 7.89. The number of carbonyl (C=O) groups is 2. The predicted molar refractivity (Wildman–Crippen MR) is 106 cm³/mol. The number of hydrogen-bond donors (Lipinski definition) is 2. The normalized spacial score (nSPS) is 20.9. The number of benzene rings is 1. The van der Waals surface area contributed by atoms with Crippen LogP contribution in [0.2, 0.25) is 0 Å². The van der Waals surface area contributed by atoms with Crippen molar-refractivity contribution in [3.05, 3.63) is 24.3 Å². The molecule has 8 nitrogen and oxygen atoms in total. The number of anilines is 1. The molecular formula is C19H28N4O4S. The van der Waals surface area contributed by atoms with E-state index in [-0.39, 0.29) is 29.2 Å². The highest BCUT2D eigenvalue weighted by atomic mass is 32.2. The van der Waals surface area contributed by atoms with E-state index in [1.54, 1.807) is 0 Å². The molecule has 2 amide bonds. The zero-order valence-electron chi connectivity index (χ0n) is 16.0. The number of nitrogens with zero attached hydrogens (tertiary/aromatic N) is 2. The number of piperidine rings is 1. The molecule has 1 atom stereocenters. The van der Waals surface area contributed by atoms with Crippen LogP contribution in [-0.4, -0.2) is 62.3 Å². The molecular weight excluding hydrogens is 380 g/mol. The number of carbonyl (C=O) groups excluding carboxylic acids is 2. The second kappa shape index (κ2) is 9.02. The third-order valence-corrected chi connectivity index (χ3v) is 6.34. The first kappa shape index (κ1) is 20.8. The summed E-state index contributed by atoms with van der Waals surface area (Å²) in [6, 6.07) is 5.63. The minimum absolute atomic E-state index is 0.00193. The third kappa shape index (κ3) is 5.30. The zero-order valence-corrected chi connectivity index (χ0v) is 16.8. The van der Waals surface area contributed by atoms with Crippen molar-refractivity contribution >= 4 is 27.5 Å². The van der Waals surface area contributed by atoms with Crippen LogP contribution in [0.25, 0.3) is 0 Å². The van der Waals surface area contributed by atoms with Crippen molar-refractivity contribution in [2.24, 2.45) is 5.14 Å². The first-order valence-electron chi connectivity index (χ1n) is 9.80. The van der Waals surface area contributed by atoms with Gasteiger partial charge in [0.15, 0.2) is 0 Å². The topological polar surface area (TPSA) is 113 Å². The fourth-order valence-corrected chi connectivity index (χ4v) is 4.40. The molecule has 28 heavy (non-hydrogen) atoms. The molecule has 0 saturated carbocycles. The Kier molecular flexibility index (Phi) is 6.69. The number of nitrogens with one attached hydrogen (secondary N) is 1. The molecule has 2 fully saturated rings. The summed E-state index contributed by atoms with van der Waals surface area (Å²) in [6.07, 6.45) is 5.37. The van der Waals surface area contributed by atoms with Crippen LogP contribution in [0, 0.1) is 0 Å². The fraction of sp³-hybridized carbons (Fsp3) is 0.579. The molecule has 1 aromatic rings. The van der Waals surface area contributed by atoms with Crippen molar-refractivity contribution in [1.82, 2.24) is 9.80 Å². The maximum Gasteiger partial charge on any atom is 0.239 e. The summed E-state index contributed by atoms with van der Waals surface area (Å²) >= 11 is 0. The first-order valence-corrected chi connectivity index (χ1v) is 11.3. The molecule has 3 N–H and O–H groups in total. The van der Waals surface area contributed by atoms with Crippen LogP contribution in [0.4, 0.5) is 5.69 Å². The molecule has 0 radical (unpaired) electrons. The summed E-state index contributed by atoms with van der Waals surface area (Å²) in [7, 11) is -3.75. The van der Waals surface area contributed by atoms with E-state index in [9.17, 15) is 18.0 Å². The van der Waals surface area contributed by atoms with Gasteiger partial charge in [-0.25, -0.2) is 13.6 Å². The van der Waals surface area contributed by atoms with Crippen LogP contribution in [0.5, 0.6) is 0 Å². The van der Waals surface area contributed by atoms with Crippen molar-refractivity contribution in [3.8, 4) is 0 Å². The Morgan fingerprint density at radius 1 is 1.04 bits per heavy atom. The van der Waals surface area contributed by atoms with Crippen molar-refractivity contribution in [2.45, 2.75) is 49.5 Å². The van der Waals surface area contributed by atoms with Crippen LogP contribution < -0.4 is 10.5 Å². The van der Waals surface area contributed by atoms with Gasteiger partial charge in [0, 0.05) is 31.7 Å². The van der Waals surface area contributed by atoms with Gasteiger partial charge >= 0.3 is 0 Å². The minimum Gasteiger partial charge on any atom is -0.341 e. The van der Waals surface area contributed by atoms with Gasteiger partial charge in [-0.15, -0.1) is 0 Å². The number of nitrogens with two attached hydrogens (primary N) is 1. The van der Waals surface area contributed by atoms with Gasteiger partial charge in [0.1, 0.15) is 0 Å². The van der Waals surface area contributed by atoms with E-state index in [2.05, 4.69) is 10.2 Å². The van der Waals surface area contributed by atoms with Gasteiger partial charge in [0.25, 0.3) is 0 Å². The van der Waals surface area contributed by atoms with Crippen LogP contribution in [-0.2, 0) is 19.6 Å². The van der Waals surface area contributed by atoms with E-state index in [0.29, 0.717) is 12.2 Å². The number of hydrogen-bond acceptors (Lipinski definition) is 5. The van der Waals surface area contributed by atoms with Gasteiger partial charge in [-0.1, -0.05) is 6.42 Å². The Morgan fingerprint density at radius 3 is 2.32 bits per heavy atom. The molecule has 0 aliphatic carbocycles. The van der Waals surface area contributed by atoms with Gasteiger partial charge in [0.2, 0.25) is 21.8 Å². The van der Waals surface area contributed by atoms with Crippen LogP contribution in [0.3, 0.4) is 0 Å². The fourth-order valence-electron chi connectivity index (χ4n) is 3.88. The molecule has 2 aliphatic heterocycles. The summed E-state index contributed by atoms with van der Waals surface area (Å²) in [5.74, 6) is 0.0393. The Morgan fingerprint density at radius 2 is 1.68 bits per heavy atom. The predicted octanol–water partition coefficient (Wildman–Crippen LogP) is 1.14. The van der Waals surface area contributed by atoms with Crippen molar-refractivity contribution < 1.29 is 18.0 Å². The van der Waals surface area contributed by atoms with E-state index in [1.807, 2.05) is 4.90 Å². The number of likely N-dealkylation sites (tertiary alicyclic amines) is 2. The zero-order chi connectivity index (χ0) is 20.1. The average Bonchev–Trinajstić information content (AvgIpc) is 3.20. The van der Waals surface area contributed by atoms with Gasteiger partial charge in [-0.2, -0.15) is 0 Å². The lowest BCUT2D eigenvalue weighted by molar-refractivity contribution is -0.137. The van der Waals surface area contributed by atoms with Crippen molar-refractivity contribution in [1.29, 1.82) is 0 Å². The summed E-state index contributed by atoms with van der Waals surface area (Å²) < 4.78 is 22.6. The molecule has 1 unspecified atom stereocenters. The van der Waals surface area contributed by atoms with Crippen molar-refractivity contribution in [3.63, 3.8) is 0 Å². The number of sulfonamides is 1. The Balaban J connectivity index is 1.53. The Labute approximate surface area is 166 Å². The molecule has 2 aliphatic rings. The van der Waals surface area contributed by atoms with E-state index in [1.165, 1.54) is 24.3 Å². The summed E-state index contributed by atoms with van der Waals surface area (Å²) in [4.78, 5) is 29.2. The minimum atomic E-state index is -3.75.